The molecule has 0 saturated carbocycles. The number of carbonyl (C=O) groups excluding carboxylic acids is 2. The van der Waals surface area contributed by atoms with E-state index >= 15 is 0 Å². The molecule has 0 atom stereocenters. The Morgan fingerprint density at radius 3 is 2.17 bits per heavy atom. The van der Waals surface area contributed by atoms with E-state index in [0.29, 0.717) is 24.3 Å². The third-order valence-corrected chi connectivity index (χ3v) is 4.61. The molecule has 5 heteroatoms. The Bertz CT molecular complexity index is 571. The minimum Gasteiger partial charge on any atom is -0.378 e. The Morgan fingerprint density at radius 1 is 1.04 bits per heavy atom. The fourth-order valence-corrected chi connectivity index (χ4v) is 3.33. The van der Waals surface area contributed by atoms with E-state index in [9.17, 15) is 9.59 Å². The number of fused-ring (bicyclic) bond motifs is 1. The standard InChI is InChI=1S/C18H24N2O3/c1-18(2,13-23-12-11-19-9-5-6-10-19)20-16(21)14-7-3-4-8-15(14)17(20)22/h3-4,7-8H,5-6,9-13H2,1-2H3. The van der Waals surface area contributed by atoms with Crippen molar-refractivity contribution in [1.29, 1.82) is 0 Å². The number of rotatable bonds is 6. The molecule has 3 rings (SSSR count). The van der Waals surface area contributed by atoms with E-state index in [4.69, 9.17) is 4.74 Å². The summed E-state index contributed by atoms with van der Waals surface area (Å²) in [5.41, 5.74) is 0.323. The minimum absolute atomic E-state index is 0.223. The number of nitrogens with zero attached hydrogens (tertiary/aromatic N) is 2. The van der Waals surface area contributed by atoms with Crippen LogP contribution >= 0.6 is 0 Å². The minimum atomic E-state index is -0.655. The van der Waals surface area contributed by atoms with Gasteiger partial charge in [-0.05, 0) is 51.9 Å². The number of benzene rings is 1. The molecule has 5 nitrogen and oxygen atoms in total. The summed E-state index contributed by atoms with van der Waals surface area (Å²) in [7, 11) is 0. The fraction of sp³-hybridized carbons (Fsp3) is 0.556. The average Bonchev–Trinajstić information content (AvgIpc) is 3.12. The first kappa shape index (κ1) is 16.1. The number of likely N-dealkylation sites (tertiary alicyclic amines) is 1. The number of carbonyl (C=O) groups is 2. The molecule has 1 aromatic carbocycles. The molecule has 0 spiro atoms. The van der Waals surface area contributed by atoms with Crippen molar-refractivity contribution in [1.82, 2.24) is 9.80 Å². The molecule has 0 radical (unpaired) electrons. The van der Waals surface area contributed by atoms with E-state index in [1.54, 1.807) is 24.3 Å². The molecule has 23 heavy (non-hydrogen) atoms. The number of hydrogen-bond donors (Lipinski definition) is 0. The smallest absolute Gasteiger partial charge is 0.262 e. The highest BCUT2D eigenvalue weighted by atomic mass is 16.5. The van der Waals surface area contributed by atoms with Crippen molar-refractivity contribution in [3.63, 3.8) is 0 Å². The number of hydrogen-bond acceptors (Lipinski definition) is 4. The SMILES string of the molecule is CC(C)(COCCN1CCCC1)N1C(=O)c2ccccc2C1=O. The summed E-state index contributed by atoms with van der Waals surface area (Å²) >= 11 is 0. The first-order valence-electron chi connectivity index (χ1n) is 8.29. The molecule has 0 unspecified atom stereocenters. The number of amides is 2. The lowest BCUT2D eigenvalue weighted by Crippen LogP contribution is -2.50. The Kier molecular flexibility index (Phi) is 4.50. The molecule has 2 aliphatic heterocycles. The van der Waals surface area contributed by atoms with Crippen LogP contribution in [0.2, 0.25) is 0 Å². The van der Waals surface area contributed by atoms with Crippen LogP contribution < -0.4 is 0 Å². The van der Waals surface area contributed by atoms with Gasteiger partial charge >= 0.3 is 0 Å². The van der Waals surface area contributed by atoms with Gasteiger partial charge in [0.05, 0.1) is 29.9 Å². The fourth-order valence-electron chi connectivity index (χ4n) is 3.33. The van der Waals surface area contributed by atoms with Crippen LogP contribution in [0.4, 0.5) is 0 Å². The molecule has 0 N–H and O–H groups in total. The monoisotopic (exact) mass is 316 g/mol. The van der Waals surface area contributed by atoms with Crippen molar-refractivity contribution in [2.75, 3.05) is 32.8 Å². The highest BCUT2D eigenvalue weighted by molar-refractivity contribution is 6.21. The molecular formula is C18H24N2O3. The van der Waals surface area contributed by atoms with E-state index in [1.165, 1.54) is 17.7 Å². The number of imide groups is 1. The van der Waals surface area contributed by atoms with Gasteiger partial charge in [-0.3, -0.25) is 14.5 Å². The van der Waals surface area contributed by atoms with E-state index in [2.05, 4.69) is 4.90 Å². The quantitative estimate of drug-likeness (QED) is 0.596. The van der Waals surface area contributed by atoms with Gasteiger partial charge in [-0.25, -0.2) is 0 Å². The first-order valence-corrected chi connectivity index (χ1v) is 8.29. The van der Waals surface area contributed by atoms with Gasteiger partial charge < -0.3 is 9.64 Å². The average molecular weight is 316 g/mol. The van der Waals surface area contributed by atoms with Crippen molar-refractivity contribution in [3.05, 3.63) is 35.4 Å². The summed E-state index contributed by atoms with van der Waals surface area (Å²) in [4.78, 5) is 28.8. The summed E-state index contributed by atoms with van der Waals surface area (Å²) in [6.45, 7) is 7.95. The molecule has 2 aliphatic rings. The van der Waals surface area contributed by atoms with E-state index in [0.717, 1.165) is 19.6 Å². The summed E-state index contributed by atoms with van der Waals surface area (Å²) in [5, 5.41) is 0. The van der Waals surface area contributed by atoms with Crippen molar-refractivity contribution >= 4 is 11.8 Å². The Morgan fingerprint density at radius 2 is 1.61 bits per heavy atom. The molecule has 2 amide bonds. The van der Waals surface area contributed by atoms with Crippen LogP contribution in [-0.4, -0.2) is 60.0 Å². The van der Waals surface area contributed by atoms with Gasteiger partial charge in [0.15, 0.2) is 0 Å². The van der Waals surface area contributed by atoms with Crippen molar-refractivity contribution in [3.8, 4) is 0 Å². The zero-order valence-electron chi connectivity index (χ0n) is 13.9. The molecule has 0 aromatic heterocycles. The zero-order chi connectivity index (χ0) is 16.4. The van der Waals surface area contributed by atoms with Crippen LogP contribution in [0.5, 0.6) is 0 Å². The van der Waals surface area contributed by atoms with Crippen molar-refractivity contribution in [2.45, 2.75) is 32.2 Å². The van der Waals surface area contributed by atoms with E-state index in [1.807, 2.05) is 13.8 Å². The molecule has 2 heterocycles. The van der Waals surface area contributed by atoms with Gasteiger partial charge in [0, 0.05) is 6.54 Å². The van der Waals surface area contributed by atoms with E-state index < -0.39 is 5.54 Å². The molecule has 0 aliphatic carbocycles. The zero-order valence-corrected chi connectivity index (χ0v) is 13.9. The van der Waals surface area contributed by atoms with Gasteiger partial charge in [0.2, 0.25) is 0 Å². The topological polar surface area (TPSA) is 49.9 Å². The van der Waals surface area contributed by atoms with Crippen molar-refractivity contribution < 1.29 is 14.3 Å². The Balaban J connectivity index is 1.59. The van der Waals surface area contributed by atoms with Gasteiger partial charge in [0.25, 0.3) is 11.8 Å². The predicted octanol–water partition coefficient (Wildman–Crippen LogP) is 2.17. The lowest BCUT2D eigenvalue weighted by molar-refractivity contribution is 0.0127. The highest BCUT2D eigenvalue weighted by Gasteiger charge is 2.43. The summed E-state index contributed by atoms with van der Waals surface area (Å²) in [5.74, 6) is -0.447. The molecule has 1 aromatic rings. The Labute approximate surface area is 137 Å². The highest BCUT2D eigenvalue weighted by Crippen LogP contribution is 2.29. The van der Waals surface area contributed by atoms with Crippen LogP contribution in [0.15, 0.2) is 24.3 Å². The maximum absolute atomic E-state index is 12.5. The molecule has 124 valence electrons. The third kappa shape index (κ3) is 3.16. The second kappa shape index (κ2) is 6.42. The summed E-state index contributed by atoms with van der Waals surface area (Å²) in [6.07, 6.45) is 2.53. The summed E-state index contributed by atoms with van der Waals surface area (Å²) in [6, 6.07) is 6.99. The molecular weight excluding hydrogens is 292 g/mol. The van der Waals surface area contributed by atoms with Gasteiger partial charge in [-0.2, -0.15) is 0 Å². The van der Waals surface area contributed by atoms with Crippen molar-refractivity contribution in [2.24, 2.45) is 0 Å². The van der Waals surface area contributed by atoms with Crippen LogP contribution in [0.25, 0.3) is 0 Å². The number of ether oxygens (including phenoxy) is 1. The normalized spacial score (nSPS) is 18.8. The maximum Gasteiger partial charge on any atom is 0.262 e. The largest absolute Gasteiger partial charge is 0.378 e. The second-order valence-electron chi connectivity index (χ2n) is 6.91. The van der Waals surface area contributed by atoms with Crippen LogP contribution in [-0.2, 0) is 4.74 Å². The second-order valence-corrected chi connectivity index (χ2v) is 6.91. The lowest BCUT2D eigenvalue weighted by Gasteiger charge is -2.33. The van der Waals surface area contributed by atoms with Gasteiger partial charge in [-0.1, -0.05) is 12.1 Å². The molecule has 1 saturated heterocycles. The first-order chi connectivity index (χ1) is 11.0. The van der Waals surface area contributed by atoms with Gasteiger partial charge in [-0.15, -0.1) is 0 Å². The van der Waals surface area contributed by atoms with Crippen LogP contribution in [0.3, 0.4) is 0 Å². The molecule has 1 fully saturated rings. The maximum atomic E-state index is 12.5. The molecule has 0 bridgehead atoms. The van der Waals surface area contributed by atoms with Crippen LogP contribution in [0.1, 0.15) is 47.4 Å². The van der Waals surface area contributed by atoms with Crippen LogP contribution in [0, 0.1) is 0 Å². The van der Waals surface area contributed by atoms with E-state index in [-0.39, 0.29) is 11.8 Å². The Hall–Kier alpha value is -1.72. The summed E-state index contributed by atoms with van der Waals surface area (Å²) < 4.78 is 5.78. The predicted molar refractivity (Wildman–Crippen MR) is 87.5 cm³/mol. The third-order valence-electron chi connectivity index (χ3n) is 4.61. The van der Waals surface area contributed by atoms with Gasteiger partial charge in [0.1, 0.15) is 0 Å². The lowest BCUT2D eigenvalue weighted by atomic mass is 10.0.